The second kappa shape index (κ2) is 4.92. The molecule has 0 aromatic carbocycles. The molecule has 0 radical (unpaired) electrons. The fourth-order valence-corrected chi connectivity index (χ4v) is 1.41. The zero-order valence-electron chi connectivity index (χ0n) is 9.80. The number of pyridine rings is 1. The number of hydrogen-bond acceptors (Lipinski definition) is 6. The van der Waals surface area contributed by atoms with Crippen LogP contribution in [-0.2, 0) is 13.2 Å². The van der Waals surface area contributed by atoms with E-state index in [2.05, 4.69) is 15.2 Å². The lowest BCUT2D eigenvalue weighted by Crippen LogP contribution is -2.06. The molecule has 0 fully saturated rings. The first-order valence-electron chi connectivity index (χ1n) is 5.27. The number of aryl methyl sites for hydroxylation is 2. The molecular weight excluding hydrogens is 220 g/mol. The van der Waals surface area contributed by atoms with Crippen LogP contribution in [0.25, 0.3) is 0 Å². The number of hydrogen-bond donors (Lipinski definition) is 1. The molecule has 0 atom stereocenters. The fraction of sp³-hybridized carbons (Fsp3) is 0.364. The molecule has 6 heteroatoms. The molecule has 2 N–H and O–H groups in total. The first-order chi connectivity index (χ1) is 8.19. The predicted octanol–water partition coefficient (Wildman–Crippen LogP) is 1.12. The summed E-state index contributed by atoms with van der Waals surface area (Å²) in [5.41, 5.74) is 7.23. The van der Waals surface area contributed by atoms with Crippen molar-refractivity contribution in [3.8, 4) is 5.75 Å². The van der Waals surface area contributed by atoms with Gasteiger partial charge in [-0.3, -0.25) is 4.98 Å². The van der Waals surface area contributed by atoms with E-state index in [1.54, 1.807) is 6.92 Å². The Morgan fingerprint density at radius 2 is 2.12 bits per heavy atom. The molecule has 0 aliphatic heterocycles. The highest BCUT2D eigenvalue weighted by Crippen LogP contribution is 2.17. The topological polar surface area (TPSA) is 87.1 Å². The molecule has 0 aliphatic rings. The van der Waals surface area contributed by atoms with Crippen LogP contribution in [0.15, 0.2) is 16.5 Å². The van der Waals surface area contributed by atoms with Crippen molar-refractivity contribution < 1.29 is 9.15 Å². The van der Waals surface area contributed by atoms with Gasteiger partial charge in [0, 0.05) is 19.2 Å². The van der Waals surface area contributed by atoms with E-state index < -0.39 is 0 Å². The highest BCUT2D eigenvalue weighted by molar-refractivity contribution is 5.29. The maximum absolute atomic E-state index is 5.60. The van der Waals surface area contributed by atoms with Crippen molar-refractivity contribution in [3.63, 3.8) is 0 Å². The summed E-state index contributed by atoms with van der Waals surface area (Å²) in [6, 6.07) is 3.71. The van der Waals surface area contributed by atoms with Crippen LogP contribution in [0, 0.1) is 13.8 Å². The normalized spacial score (nSPS) is 10.5. The first-order valence-corrected chi connectivity index (χ1v) is 5.27. The monoisotopic (exact) mass is 234 g/mol. The van der Waals surface area contributed by atoms with Crippen LogP contribution in [-0.4, -0.2) is 15.2 Å². The number of nitrogens with zero attached hydrogens (tertiary/aromatic N) is 3. The van der Waals surface area contributed by atoms with Gasteiger partial charge in [-0.05, 0) is 19.1 Å². The van der Waals surface area contributed by atoms with Gasteiger partial charge in [-0.15, -0.1) is 10.2 Å². The molecule has 0 saturated heterocycles. The van der Waals surface area contributed by atoms with Gasteiger partial charge in [-0.1, -0.05) is 0 Å². The fourth-order valence-electron chi connectivity index (χ4n) is 1.41. The van der Waals surface area contributed by atoms with Gasteiger partial charge in [0.25, 0.3) is 5.89 Å². The molecule has 6 nitrogen and oxygen atoms in total. The van der Waals surface area contributed by atoms with Crippen molar-refractivity contribution in [2.24, 2.45) is 5.73 Å². The van der Waals surface area contributed by atoms with Crippen molar-refractivity contribution >= 4 is 0 Å². The second-order valence-electron chi connectivity index (χ2n) is 3.61. The van der Waals surface area contributed by atoms with Gasteiger partial charge in [-0.25, -0.2) is 0 Å². The first kappa shape index (κ1) is 11.5. The number of aromatic nitrogens is 3. The summed E-state index contributed by atoms with van der Waals surface area (Å²) in [7, 11) is 0. The van der Waals surface area contributed by atoms with Crippen LogP contribution >= 0.6 is 0 Å². The SMILES string of the molecule is Cc1ccc(OCc2nnc(C)o2)c(CN)n1. The van der Waals surface area contributed by atoms with Crippen molar-refractivity contribution in [2.45, 2.75) is 27.0 Å². The lowest BCUT2D eigenvalue weighted by atomic mass is 10.3. The number of rotatable bonds is 4. The minimum absolute atomic E-state index is 0.221. The van der Waals surface area contributed by atoms with E-state index in [-0.39, 0.29) is 6.61 Å². The second-order valence-corrected chi connectivity index (χ2v) is 3.61. The summed E-state index contributed by atoms with van der Waals surface area (Å²) in [5, 5.41) is 7.56. The van der Waals surface area contributed by atoms with Gasteiger partial charge in [0.05, 0.1) is 5.69 Å². The average Bonchev–Trinajstić information content (AvgIpc) is 2.73. The molecule has 2 rings (SSSR count). The van der Waals surface area contributed by atoms with Crippen LogP contribution in [0.2, 0.25) is 0 Å². The molecule has 2 aromatic rings. The zero-order valence-corrected chi connectivity index (χ0v) is 9.80. The van der Waals surface area contributed by atoms with Crippen molar-refractivity contribution in [3.05, 3.63) is 35.3 Å². The lowest BCUT2D eigenvalue weighted by molar-refractivity contribution is 0.257. The van der Waals surface area contributed by atoms with Crippen LogP contribution in [0.4, 0.5) is 0 Å². The zero-order chi connectivity index (χ0) is 12.3. The summed E-state index contributed by atoms with van der Waals surface area (Å²) in [6.07, 6.45) is 0. The van der Waals surface area contributed by atoms with Crippen molar-refractivity contribution in [1.82, 2.24) is 15.2 Å². The largest absolute Gasteiger partial charge is 0.482 e. The van der Waals surface area contributed by atoms with E-state index >= 15 is 0 Å². The summed E-state index contributed by atoms with van der Waals surface area (Å²) < 4.78 is 10.7. The Morgan fingerprint density at radius 3 is 2.76 bits per heavy atom. The molecule has 0 amide bonds. The molecule has 0 spiro atoms. The number of nitrogens with two attached hydrogens (primary N) is 1. The Kier molecular flexibility index (Phi) is 3.34. The van der Waals surface area contributed by atoms with Crippen LogP contribution in [0.1, 0.15) is 23.2 Å². The molecule has 0 bridgehead atoms. The molecular formula is C11H14N4O2. The molecule has 0 unspecified atom stereocenters. The summed E-state index contributed by atoms with van der Waals surface area (Å²) in [5.74, 6) is 1.60. The Balaban J connectivity index is 2.08. The molecule has 90 valence electrons. The quantitative estimate of drug-likeness (QED) is 0.852. The van der Waals surface area contributed by atoms with E-state index in [1.807, 2.05) is 19.1 Å². The third-order valence-electron chi connectivity index (χ3n) is 2.18. The van der Waals surface area contributed by atoms with Crippen molar-refractivity contribution in [2.75, 3.05) is 0 Å². The summed E-state index contributed by atoms with van der Waals surface area (Å²) in [6.45, 7) is 4.19. The van der Waals surface area contributed by atoms with E-state index in [4.69, 9.17) is 14.9 Å². The predicted molar refractivity (Wildman–Crippen MR) is 60.2 cm³/mol. The van der Waals surface area contributed by atoms with Gasteiger partial charge in [0.15, 0.2) is 6.61 Å². The number of ether oxygens (including phenoxy) is 1. The van der Waals surface area contributed by atoms with Gasteiger partial charge < -0.3 is 14.9 Å². The smallest absolute Gasteiger partial charge is 0.253 e. The summed E-state index contributed by atoms with van der Waals surface area (Å²) in [4.78, 5) is 4.29. The Morgan fingerprint density at radius 1 is 1.29 bits per heavy atom. The molecule has 2 aromatic heterocycles. The third-order valence-corrected chi connectivity index (χ3v) is 2.18. The van der Waals surface area contributed by atoms with Gasteiger partial charge in [-0.2, -0.15) is 0 Å². The van der Waals surface area contributed by atoms with Crippen molar-refractivity contribution in [1.29, 1.82) is 0 Å². The average molecular weight is 234 g/mol. The standard InChI is InChI=1S/C11H14N4O2/c1-7-3-4-10(9(5-12)13-7)16-6-11-15-14-8(2)17-11/h3-4H,5-6,12H2,1-2H3. The van der Waals surface area contributed by atoms with E-state index in [9.17, 15) is 0 Å². The molecule has 17 heavy (non-hydrogen) atoms. The molecule has 0 saturated carbocycles. The van der Waals surface area contributed by atoms with E-state index in [0.29, 0.717) is 24.1 Å². The van der Waals surface area contributed by atoms with Gasteiger partial charge in [0.1, 0.15) is 5.75 Å². The Labute approximate surface area is 98.8 Å². The minimum atomic E-state index is 0.221. The summed E-state index contributed by atoms with van der Waals surface area (Å²) >= 11 is 0. The maximum atomic E-state index is 5.60. The van der Waals surface area contributed by atoms with Crippen LogP contribution in [0.5, 0.6) is 5.75 Å². The maximum Gasteiger partial charge on any atom is 0.253 e. The molecule has 0 aliphatic carbocycles. The van der Waals surface area contributed by atoms with Crippen LogP contribution < -0.4 is 10.5 Å². The van der Waals surface area contributed by atoms with Gasteiger partial charge in [0.2, 0.25) is 5.89 Å². The van der Waals surface area contributed by atoms with E-state index in [0.717, 1.165) is 11.4 Å². The third kappa shape index (κ3) is 2.79. The Hall–Kier alpha value is -1.95. The van der Waals surface area contributed by atoms with E-state index in [1.165, 1.54) is 0 Å². The minimum Gasteiger partial charge on any atom is -0.482 e. The van der Waals surface area contributed by atoms with Crippen LogP contribution in [0.3, 0.4) is 0 Å². The molecule has 2 heterocycles. The van der Waals surface area contributed by atoms with Gasteiger partial charge >= 0.3 is 0 Å². The highest BCUT2D eigenvalue weighted by Gasteiger charge is 2.07. The Bertz CT molecular complexity index is 510. The highest BCUT2D eigenvalue weighted by atomic mass is 16.5. The lowest BCUT2D eigenvalue weighted by Gasteiger charge is -2.08.